The molecule has 0 unspecified atom stereocenters. The fourth-order valence-corrected chi connectivity index (χ4v) is 4.44. The summed E-state index contributed by atoms with van der Waals surface area (Å²) in [4.78, 5) is 0. The topological polar surface area (TPSA) is 36.5 Å². The molecule has 1 aromatic rings. The summed E-state index contributed by atoms with van der Waals surface area (Å²) in [5.41, 5.74) is 0. The average Bonchev–Trinajstić information content (AvgIpc) is 2.74. The SMILES string of the molecule is CCO[Si](CCn1cc[n+](C)c1)(OCC)OCC.[Cl-]. The van der Waals surface area contributed by atoms with Crippen molar-refractivity contribution in [1.29, 1.82) is 0 Å². The van der Waals surface area contributed by atoms with Gasteiger partial charge < -0.3 is 25.7 Å². The van der Waals surface area contributed by atoms with Crippen molar-refractivity contribution in [3.05, 3.63) is 18.7 Å². The Hall–Kier alpha value is -0.403. The highest BCUT2D eigenvalue weighted by atomic mass is 35.5. The molecule has 0 radical (unpaired) electrons. The van der Waals surface area contributed by atoms with Gasteiger partial charge in [0.25, 0.3) is 0 Å². The third-order valence-electron chi connectivity index (χ3n) is 2.59. The molecule has 0 saturated carbocycles. The van der Waals surface area contributed by atoms with Gasteiger partial charge in [-0.1, -0.05) is 0 Å². The molecule has 0 atom stereocenters. The Morgan fingerprint density at radius 2 is 1.58 bits per heavy atom. The molecule has 0 fully saturated rings. The van der Waals surface area contributed by atoms with E-state index in [0.29, 0.717) is 19.8 Å². The van der Waals surface area contributed by atoms with Gasteiger partial charge in [-0.15, -0.1) is 0 Å². The van der Waals surface area contributed by atoms with Gasteiger partial charge in [0, 0.05) is 19.8 Å². The first-order valence-electron chi connectivity index (χ1n) is 6.58. The minimum Gasteiger partial charge on any atom is -1.00 e. The lowest BCUT2D eigenvalue weighted by atomic mass is 10.7. The molecule has 0 aliphatic heterocycles. The van der Waals surface area contributed by atoms with Crippen molar-refractivity contribution in [1.82, 2.24) is 4.57 Å². The molecule has 0 aromatic carbocycles. The van der Waals surface area contributed by atoms with Gasteiger partial charge >= 0.3 is 8.80 Å². The zero-order chi connectivity index (χ0) is 13.4. The summed E-state index contributed by atoms with van der Waals surface area (Å²) >= 11 is 0. The van der Waals surface area contributed by atoms with Gasteiger partial charge in [-0.2, -0.15) is 0 Å². The summed E-state index contributed by atoms with van der Waals surface area (Å²) in [6.07, 6.45) is 6.11. The zero-order valence-corrected chi connectivity index (χ0v) is 14.0. The Morgan fingerprint density at radius 1 is 1.05 bits per heavy atom. The molecule has 112 valence electrons. The quantitative estimate of drug-likeness (QED) is 0.406. The summed E-state index contributed by atoms with van der Waals surface area (Å²) in [7, 11) is -0.490. The van der Waals surface area contributed by atoms with E-state index in [9.17, 15) is 0 Å². The highest BCUT2D eigenvalue weighted by Gasteiger charge is 2.40. The van der Waals surface area contributed by atoms with E-state index in [0.717, 1.165) is 12.6 Å². The minimum absolute atomic E-state index is 0. The van der Waals surface area contributed by atoms with E-state index in [1.54, 1.807) is 0 Å². The van der Waals surface area contributed by atoms with Crippen LogP contribution in [-0.2, 0) is 26.9 Å². The average molecular weight is 309 g/mol. The van der Waals surface area contributed by atoms with Gasteiger partial charge in [0.15, 0.2) is 0 Å². The molecule has 1 heterocycles. The van der Waals surface area contributed by atoms with Crippen molar-refractivity contribution < 1.29 is 30.3 Å². The molecule has 1 rings (SSSR count). The van der Waals surface area contributed by atoms with Crippen LogP contribution in [0.3, 0.4) is 0 Å². The standard InChI is InChI=1S/C12H25N2O3Si.ClH/c1-5-15-18(16-6-2,17-7-3)11-10-14-9-8-13(4)12-14;/h8-9,12H,5-7,10-11H2,1-4H3;1H/q+1;/p-1. The van der Waals surface area contributed by atoms with Gasteiger partial charge in [-0.25, -0.2) is 9.13 Å². The van der Waals surface area contributed by atoms with Crippen LogP contribution in [0, 0.1) is 0 Å². The van der Waals surface area contributed by atoms with Crippen LogP contribution in [0.2, 0.25) is 6.04 Å². The number of nitrogens with zero attached hydrogens (tertiary/aromatic N) is 2. The number of aromatic nitrogens is 2. The summed E-state index contributed by atoms with van der Waals surface area (Å²) in [6.45, 7) is 8.69. The number of hydrogen-bond acceptors (Lipinski definition) is 3. The van der Waals surface area contributed by atoms with E-state index in [1.165, 1.54) is 0 Å². The molecule has 5 nitrogen and oxygen atoms in total. The highest BCUT2D eigenvalue weighted by molar-refractivity contribution is 6.60. The second-order valence-corrected chi connectivity index (χ2v) is 6.78. The molecule has 7 heteroatoms. The number of imidazole rings is 1. The molecule has 0 bridgehead atoms. The predicted molar refractivity (Wildman–Crippen MR) is 71.0 cm³/mol. The molecule has 0 amide bonds. The Bertz CT molecular complexity index is 332. The molecular weight excluding hydrogens is 284 g/mol. The van der Waals surface area contributed by atoms with Crippen LogP contribution < -0.4 is 17.0 Å². The predicted octanol–water partition coefficient (Wildman–Crippen LogP) is -1.63. The zero-order valence-electron chi connectivity index (χ0n) is 12.3. The van der Waals surface area contributed by atoms with Crippen molar-refractivity contribution in [2.75, 3.05) is 19.8 Å². The molecule has 0 spiro atoms. The Balaban J connectivity index is 0.00000324. The summed E-state index contributed by atoms with van der Waals surface area (Å²) in [5, 5.41) is 0. The lowest BCUT2D eigenvalue weighted by molar-refractivity contribution is -0.671. The summed E-state index contributed by atoms with van der Waals surface area (Å²) in [6, 6.07) is 0.803. The molecule has 0 saturated heterocycles. The fraction of sp³-hybridized carbons (Fsp3) is 0.750. The van der Waals surface area contributed by atoms with E-state index < -0.39 is 8.80 Å². The number of aryl methyl sites for hydroxylation is 2. The Kier molecular flexibility index (Phi) is 9.29. The molecule has 0 aliphatic carbocycles. The van der Waals surface area contributed by atoms with Gasteiger partial charge in [0.2, 0.25) is 6.33 Å². The first-order chi connectivity index (χ1) is 8.65. The van der Waals surface area contributed by atoms with Crippen LogP contribution in [-0.4, -0.2) is 33.2 Å². The number of hydrogen-bond donors (Lipinski definition) is 0. The number of halogens is 1. The van der Waals surface area contributed by atoms with Crippen molar-refractivity contribution in [2.24, 2.45) is 7.05 Å². The third kappa shape index (κ3) is 6.05. The molecular formula is C12H25ClN2O3Si. The first-order valence-corrected chi connectivity index (χ1v) is 8.51. The van der Waals surface area contributed by atoms with Crippen LogP contribution in [0.25, 0.3) is 0 Å². The van der Waals surface area contributed by atoms with Crippen molar-refractivity contribution in [3.8, 4) is 0 Å². The van der Waals surface area contributed by atoms with E-state index >= 15 is 0 Å². The summed E-state index contributed by atoms with van der Waals surface area (Å²) in [5.74, 6) is 0. The van der Waals surface area contributed by atoms with Crippen molar-refractivity contribution in [3.63, 3.8) is 0 Å². The monoisotopic (exact) mass is 308 g/mol. The molecule has 1 aromatic heterocycles. The van der Waals surface area contributed by atoms with Crippen LogP contribution in [0.4, 0.5) is 0 Å². The fourth-order valence-electron chi connectivity index (χ4n) is 1.90. The van der Waals surface area contributed by atoms with Gasteiger partial charge in [0.05, 0.1) is 19.6 Å². The smallest absolute Gasteiger partial charge is 0.504 e. The van der Waals surface area contributed by atoms with Gasteiger partial charge in [-0.05, 0) is 20.8 Å². The van der Waals surface area contributed by atoms with E-state index in [2.05, 4.69) is 4.57 Å². The first kappa shape index (κ1) is 18.6. The number of rotatable bonds is 9. The maximum absolute atomic E-state index is 5.81. The second kappa shape index (κ2) is 9.49. The maximum atomic E-state index is 5.81. The lowest BCUT2D eigenvalue weighted by Crippen LogP contribution is -3.00. The van der Waals surface area contributed by atoms with Crippen molar-refractivity contribution in [2.45, 2.75) is 33.4 Å². The van der Waals surface area contributed by atoms with Gasteiger partial charge in [0.1, 0.15) is 12.4 Å². The minimum atomic E-state index is -2.50. The summed E-state index contributed by atoms with van der Waals surface area (Å²) < 4.78 is 21.6. The molecule has 0 aliphatic rings. The Morgan fingerprint density at radius 3 is 1.95 bits per heavy atom. The second-order valence-electron chi connectivity index (χ2n) is 4.05. The molecule has 0 N–H and O–H groups in total. The molecule has 19 heavy (non-hydrogen) atoms. The normalized spacial score (nSPS) is 11.4. The largest absolute Gasteiger partial charge is 1.00 e. The van der Waals surface area contributed by atoms with Gasteiger partial charge in [-0.3, -0.25) is 0 Å². The Labute approximate surface area is 123 Å². The van der Waals surface area contributed by atoms with E-state index in [4.69, 9.17) is 13.3 Å². The lowest BCUT2D eigenvalue weighted by Gasteiger charge is -2.27. The maximum Gasteiger partial charge on any atom is 0.504 e. The van der Waals surface area contributed by atoms with Crippen LogP contribution in [0.15, 0.2) is 18.7 Å². The van der Waals surface area contributed by atoms with E-state index in [-0.39, 0.29) is 12.4 Å². The van der Waals surface area contributed by atoms with E-state index in [1.807, 2.05) is 51.1 Å². The van der Waals surface area contributed by atoms with Crippen LogP contribution >= 0.6 is 0 Å². The highest BCUT2D eigenvalue weighted by Crippen LogP contribution is 2.16. The van der Waals surface area contributed by atoms with Crippen LogP contribution in [0.5, 0.6) is 0 Å². The van der Waals surface area contributed by atoms with Crippen LogP contribution in [0.1, 0.15) is 20.8 Å². The van der Waals surface area contributed by atoms with Crippen molar-refractivity contribution >= 4 is 8.80 Å². The third-order valence-corrected chi connectivity index (χ3v) is 5.61.